The zero-order valence-corrected chi connectivity index (χ0v) is 43.4. The van der Waals surface area contributed by atoms with Gasteiger partial charge in [0.1, 0.15) is 24.4 Å². The minimum absolute atomic E-state index is 0.00354. The Morgan fingerprint density at radius 3 is 2.17 bits per heavy atom. The Bertz CT molecular complexity index is 1740. The molecule has 0 amide bonds. The first-order chi connectivity index (χ1) is 32.7. The highest BCUT2D eigenvalue weighted by Gasteiger charge is 2.56. The number of esters is 4. The normalized spacial score (nSPS) is 35.7. The van der Waals surface area contributed by atoms with Crippen molar-refractivity contribution in [2.45, 2.75) is 192 Å². The standard InChI is InChI=1S/C51H84N2O16/c1-14-39(56)66-38-27-41(58)63-31(4)21-23-53(24-22-35-19-17-16-18-20-35)29-37(55)30(3)25-36(26-42(60-11)61-12)44(48(38)62-13)49-46(59)45(52(9)10)47(32(5)65-49)68-43-28-51(8,69-34(7)54)50(33(6)64-43)67-40(57)15-2/h16-20,30-33,36-38,42-50,55,59H,14-15,21-29H2,1-13H3/t30-,31-,32-,33+,36-,37+,38-,43+,44+,45-,46-,47-,48-,49+,50+,51-/m1/s1. The van der Waals surface area contributed by atoms with Gasteiger partial charge in [-0.15, -0.1) is 0 Å². The van der Waals surface area contributed by atoms with Crippen molar-refractivity contribution in [3.8, 4) is 0 Å². The first kappa shape index (κ1) is 58.3. The van der Waals surface area contributed by atoms with Gasteiger partial charge in [-0.05, 0) is 78.5 Å². The van der Waals surface area contributed by atoms with Crippen molar-refractivity contribution < 1.29 is 76.8 Å². The Hall–Kier alpha value is -3.30. The smallest absolute Gasteiger partial charge is 0.309 e. The second-order valence-corrected chi connectivity index (χ2v) is 19.7. The van der Waals surface area contributed by atoms with E-state index in [9.17, 15) is 29.4 Å². The molecule has 18 heteroatoms. The SMILES string of the molecule is CCC(=O)O[C@@H]1CC(=O)O[C@H](C)CCN(CCc2ccccc2)C[C@H](O)[C@H](C)C[C@H](CC(OC)OC)[C@H]([C@@H]2O[C@H](C)[C@@H](O[C@H]3C[C@@](C)(OC(C)=O)[C@@H](OC(=O)CC)[C@H](C)O3)[C@H](N(C)C)[C@H]2O)[C@@H]1OC. The third-order valence-electron chi connectivity index (χ3n) is 14.1. The van der Waals surface area contributed by atoms with Crippen molar-refractivity contribution in [1.82, 2.24) is 9.80 Å². The first-order valence-electron chi connectivity index (χ1n) is 24.8. The summed E-state index contributed by atoms with van der Waals surface area (Å²) in [5, 5.41) is 25.0. The first-order valence-corrected chi connectivity index (χ1v) is 24.8. The molecular weight excluding hydrogens is 897 g/mol. The van der Waals surface area contributed by atoms with Gasteiger partial charge in [0.05, 0.1) is 43.0 Å². The molecule has 0 aromatic heterocycles. The van der Waals surface area contributed by atoms with Gasteiger partial charge in [0.15, 0.2) is 24.3 Å². The monoisotopic (exact) mass is 981 g/mol. The summed E-state index contributed by atoms with van der Waals surface area (Å²) in [6.07, 6.45) is -9.34. The molecule has 1 aromatic rings. The van der Waals surface area contributed by atoms with Crippen LogP contribution in [0.25, 0.3) is 0 Å². The molecule has 394 valence electrons. The number of hydrogen-bond acceptors (Lipinski definition) is 18. The van der Waals surface area contributed by atoms with Crippen LogP contribution in [0.15, 0.2) is 30.3 Å². The Balaban J connectivity index is 1.81. The minimum Gasteiger partial charge on any atom is -0.463 e. The summed E-state index contributed by atoms with van der Waals surface area (Å²) >= 11 is 0. The van der Waals surface area contributed by atoms with Crippen molar-refractivity contribution in [2.75, 3.05) is 55.1 Å². The summed E-state index contributed by atoms with van der Waals surface area (Å²) < 4.78 is 61.8. The number of ether oxygens (including phenoxy) is 10. The highest BCUT2D eigenvalue weighted by molar-refractivity contribution is 5.73. The molecule has 0 saturated carbocycles. The van der Waals surface area contributed by atoms with Gasteiger partial charge in [-0.3, -0.25) is 19.2 Å². The summed E-state index contributed by atoms with van der Waals surface area (Å²) in [4.78, 5) is 56.3. The number of β-amino-alcohol motifs (C(OH)–C–C–N with tert-alkyl or cyclic N) is 1. The van der Waals surface area contributed by atoms with E-state index >= 15 is 0 Å². The number of carbonyl (C=O) groups excluding carboxylic acids is 4. The second-order valence-electron chi connectivity index (χ2n) is 19.7. The fourth-order valence-corrected chi connectivity index (χ4v) is 10.5. The number of nitrogens with zero attached hydrogens (tertiary/aromatic N) is 2. The van der Waals surface area contributed by atoms with Crippen LogP contribution in [0.4, 0.5) is 0 Å². The summed E-state index contributed by atoms with van der Waals surface area (Å²) in [7, 11) is 8.16. The zero-order valence-electron chi connectivity index (χ0n) is 43.4. The molecule has 0 spiro atoms. The predicted octanol–water partition coefficient (Wildman–Crippen LogP) is 4.46. The van der Waals surface area contributed by atoms with E-state index in [0.29, 0.717) is 32.5 Å². The molecule has 16 atom stereocenters. The van der Waals surface area contributed by atoms with Crippen LogP contribution in [0.2, 0.25) is 0 Å². The molecule has 0 unspecified atom stereocenters. The van der Waals surface area contributed by atoms with Gasteiger partial charge in [0.2, 0.25) is 0 Å². The van der Waals surface area contributed by atoms with Gasteiger partial charge in [-0.25, -0.2) is 0 Å². The maximum atomic E-state index is 14.0. The number of hydrogen-bond donors (Lipinski definition) is 2. The Morgan fingerprint density at radius 2 is 1.58 bits per heavy atom. The van der Waals surface area contributed by atoms with E-state index in [-0.39, 0.29) is 38.0 Å². The van der Waals surface area contributed by atoms with Gasteiger partial charge in [0.25, 0.3) is 0 Å². The molecule has 3 aliphatic rings. The molecule has 18 nitrogen and oxygen atoms in total. The van der Waals surface area contributed by atoms with Crippen molar-refractivity contribution in [1.29, 1.82) is 0 Å². The van der Waals surface area contributed by atoms with E-state index in [2.05, 4.69) is 17.0 Å². The van der Waals surface area contributed by atoms with Crippen LogP contribution >= 0.6 is 0 Å². The topological polar surface area (TPSA) is 208 Å². The van der Waals surface area contributed by atoms with Crippen LogP contribution in [0.3, 0.4) is 0 Å². The van der Waals surface area contributed by atoms with Crippen molar-refractivity contribution in [3.63, 3.8) is 0 Å². The van der Waals surface area contributed by atoms with Gasteiger partial charge in [-0.2, -0.15) is 0 Å². The molecule has 0 aliphatic carbocycles. The Morgan fingerprint density at radius 1 is 0.928 bits per heavy atom. The lowest BCUT2D eigenvalue weighted by Crippen LogP contribution is -2.67. The van der Waals surface area contributed by atoms with Crippen molar-refractivity contribution in [2.24, 2.45) is 17.8 Å². The molecule has 1 aromatic carbocycles. The third-order valence-corrected chi connectivity index (χ3v) is 14.1. The molecule has 4 rings (SSSR count). The van der Waals surface area contributed by atoms with E-state index in [1.807, 2.05) is 58.0 Å². The second kappa shape index (κ2) is 27.5. The van der Waals surface area contributed by atoms with Crippen LogP contribution in [-0.4, -0.2) is 184 Å². The largest absolute Gasteiger partial charge is 0.463 e. The van der Waals surface area contributed by atoms with Crippen LogP contribution in [-0.2, 0) is 73.0 Å². The molecule has 69 heavy (non-hydrogen) atoms. The van der Waals surface area contributed by atoms with Crippen molar-refractivity contribution >= 4 is 23.9 Å². The van der Waals surface area contributed by atoms with E-state index in [0.717, 1.165) is 12.0 Å². The van der Waals surface area contributed by atoms with Gasteiger partial charge >= 0.3 is 23.9 Å². The Kier molecular flexibility index (Phi) is 23.2. The highest BCUT2D eigenvalue weighted by atomic mass is 16.7. The molecule has 2 N–H and O–H groups in total. The van der Waals surface area contributed by atoms with Crippen molar-refractivity contribution in [3.05, 3.63) is 35.9 Å². The number of cyclic esters (lactones) is 1. The quantitative estimate of drug-likeness (QED) is 0.126. The zero-order chi connectivity index (χ0) is 51.2. The summed E-state index contributed by atoms with van der Waals surface area (Å²) in [5.74, 6) is -3.90. The van der Waals surface area contributed by atoms with E-state index < -0.39 is 121 Å². The lowest BCUT2D eigenvalue weighted by molar-refractivity contribution is -0.320. The maximum Gasteiger partial charge on any atom is 0.309 e. The molecule has 3 fully saturated rings. The highest BCUT2D eigenvalue weighted by Crippen LogP contribution is 2.43. The van der Waals surface area contributed by atoms with E-state index in [1.54, 1.807) is 27.7 Å². The summed E-state index contributed by atoms with van der Waals surface area (Å²) in [6, 6.07) is 9.36. The average molecular weight is 981 g/mol. The molecule has 0 bridgehead atoms. The number of rotatable bonds is 17. The van der Waals surface area contributed by atoms with E-state index in [1.165, 1.54) is 28.3 Å². The van der Waals surface area contributed by atoms with Crippen LogP contribution in [0.1, 0.15) is 106 Å². The third kappa shape index (κ3) is 16.4. The number of methoxy groups -OCH3 is 3. The molecule has 3 saturated heterocycles. The number of aliphatic hydroxyl groups is 2. The van der Waals surface area contributed by atoms with Crippen LogP contribution in [0.5, 0.6) is 0 Å². The van der Waals surface area contributed by atoms with Gasteiger partial charge < -0.3 is 67.4 Å². The van der Waals surface area contributed by atoms with Crippen LogP contribution < -0.4 is 0 Å². The van der Waals surface area contributed by atoms with Gasteiger partial charge in [-0.1, -0.05) is 51.1 Å². The number of likely N-dealkylation sites (N-methyl/N-ethyl adjacent to an activating group) is 1. The molecule has 3 aliphatic heterocycles. The fraction of sp³-hybridized carbons (Fsp3) is 0.804. The summed E-state index contributed by atoms with van der Waals surface area (Å²) in [5.41, 5.74) is -0.158. The molecule has 3 heterocycles. The maximum absolute atomic E-state index is 14.0. The minimum atomic E-state index is -1.32. The molecular formula is C51H84N2O16. The number of benzene rings is 1. The lowest BCUT2D eigenvalue weighted by atomic mass is 9.70. The van der Waals surface area contributed by atoms with Gasteiger partial charge in [0, 0.05) is 79.5 Å². The van der Waals surface area contributed by atoms with E-state index in [4.69, 9.17) is 47.4 Å². The Labute approximate surface area is 410 Å². The number of carbonyl (C=O) groups is 4. The average Bonchev–Trinajstić information content (AvgIpc) is 3.29. The lowest BCUT2D eigenvalue weighted by Gasteiger charge is -2.53. The van der Waals surface area contributed by atoms with Crippen LogP contribution in [0, 0.1) is 17.8 Å². The molecule has 0 radical (unpaired) electrons. The predicted molar refractivity (Wildman–Crippen MR) is 254 cm³/mol. The fourth-order valence-electron chi connectivity index (χ4n) is 10.5. The summed E-state index contributed by atoms with van der Waals surface area (Å²) in [6.45, 7) is 15.2. The number of aliphatic hydroxyl groups excluding tert-OH is 2.